The number of nitrogens with two attached hydrogens (primary N) is 1. The lowest BCUT2D eigenvalue weighted by Crippen LogP contribution is -2.51. The molecule has 0 aromatic heterocycles. The van der Waals surface area contributed by atoms with Crippen molar-refractivity contribution in [3.05, 3.63) is 0 Å². The maximum Gasteiger partial charge on any atom is 0.251 e. The molecule has 5 nitrogen and oxygen atoms in total. The predicted octanol–water partition coefficient (Wildman–Crippen LogP) is 0.315. The normalized spacial score (nSPS) is 27.6. The van der Waals surface area contributed by atoms with E-state index >= 15 is 0 Å². The van der Waals surface area contributed by atoms with Gasteiger partial charge in [0.25, 0.3) is 5.91 Å². The second-order valence-corrected chi connectivity index (χ2v) is 5.49. The van der Waals surface area contributed by atoms with Crippen molar-refractivity contribution in [2.24, 2.45) is 5.84 Å². The number of carbonyl (C=O) groups is 1. The fourth-order valence-electron chi connectivity index (χ4n) is 3.37. The smallest absolute Gasteiger partial charge is 0.251 e. The van der Waals surface area contributed by atoms with E-state index in [-0.39, 0.29) is 11.9 Å². The van der Waals surface area contributed by atoms with Crippen LogP contribution in [0.25, 0.3) is 0 Å². The lowest BCUT2D eigenvalue weighted by atomic mass is 10.1. The molecule has 18 heavy (non-hydrogen) atoms. The van der Waals surface area contributed by atoms with Crippen molar-refractivity contribution in [1.29, 1.82) is 0 Å². The first-order chi connectivity index (χ1) is 8.76. The first kappa shape index (κ1) is 13.8. The third-order valence-corrected chi connectivity index (χ3v) is 4.28. The maximum absolute atomic E-state index is 11.9. The van der Waals surface area contributed by atoms with Crippen LogP contribution >= 0.6 is 0 Å². The van der Waals surface area contributed by atoms with Crippen LogP contribution < -0.4 is 11.3 Å². The standard InChI is InChI=1S/C13H26N4O/c1-2-5-12(13(18)15-14)17-9-4-8-16-7-3-6-11(16)10-17/h11-12H,2-10,14H2,1H3,(H,15,18). The molecule has 3 N–H and O–H groups in total. The Bertz CT molecular complexity index is 284. The Labute approximate surface area is 110 Å². The molecule has 2 saturated heterocycles. The van der Waals surface area contributed by atoms with Gasteiger partial charge in [0.15, 0.2) is 0 Å². The molecule has 2 unspecified atom stereocenters. The highest BCUT2D eigenvalue weighted by Crippen LogP contribution is 2.23. The van der Waals surface area contributed by atoms with E-state index in [0.717, 1.165) is 32.4 Å². The molecule has 104 valence electrons. The lowest BCUT2D eigenvalue weighted by Gasteiger charge is -2.31. The Morgan fingerprint density at radius 3 is 2.89 bits per heavy atom. The molecule has 0 aromatic carbocycles. The summed E-state index contributed by atoms with van der Waals surface area (Å²) in [6.45, 7) is 6.59. The third kappa shape index (κ3) is 3.02. The summed E-state index contributed by atoms with van der Waals surface area (Å²) in [7, 11) is 0. The van der Waals surface area contributed by atoms with Gasteiger partial charge >= 0.3 is 0 Å². The Morgan fingerprint density at radius 1 is 1.39 bits per heavy atom. The summed E-state index contributed by atoms with van der Waals surface area (Å²) in [5, 5.41) is 0. The van der Waals surface area contributed by atoms with Crippen LogP contribution in [0.5, 0.6) is 0 Å². The summed E-state index contributed by atoms with van der Waals surface area (Å²) in [5.74, 6) is 5.29. The molecule has 2 heterocycles. The first-order valence-electron chi connectivity index (χ1n) is 7.24. The van der Waals surface area contributed by atoms with Crippen LogP contribution in [0, 0.1) is 0 Å². The van der Waals surface area contributed by atoms with E-state index in [9.17, 15) is 4.79 Å². The third-order valence-electron chi connectivity index (χ3n) is 4.28. The summed E-state index contributed by atoms with van der Waals surface area (Å²) >= 11 is 0. The van der Waals surface area contributed by atoms with Gasteiger partial charge in [-0.1, -0.05) is 13.3 Å². The second-order valence-electron chi connectivity index (χ2n) is 5.49. The summed E-state index contributed by atoms with van der Waals surface area (Å²) in [4.78, 5) is 16.8. The van der Waals surface area contributed by atoms with Crippen LogP contribution in [0.1, 0.15) is 39.0 Å². The van der Waals surface area contributed by atoms with E-state index in [0.29, 0.717) is 6.04 Å². The molecule has 0 bridgehead atoms. The topological polar surface area (TPSA) is 61.6 Å². The highest BCUT2D eigenvalue weighted by atomic mass is 16.2. The zero-order valence-electron chi connectivity index (χ0n) is 11.4. The predicted molar refractivity (Wildman–Crippen MR) is 71.8 cm³/mol. The zero-order chi connectivity index (χ0) is 13.0. The molecule has 1 amide bonds. The average Bonchev–Trinajstić information content (AvgIpc) is 2.73. The van der Waals surface area contributed by atoms with Gasteiger partial charge in [0.1, 0.15) is 0 Å². The summed E-state index contributed by atoms with van der Waals surface area (Å²) < 4.78 is 0. The Morgan fingerprint density at radius 2 is 2.17 bits per heavy atom. The minimum absolute atomic E-state index is 0.0247. The molecule has 2 aliphatic rings. The van der Waals surface area contributed by atoms with Crippen LogP contribution in [-0.4, -0.2) is 54.0 Å². The minimum atomic E-state index is -0.0412. The SMILES string of the molecule is CCCC(C(=O)NN)N1CCCN2CCCC2C1. The van der Waals surface area contributed by atoms with E-state index in [1.807, 2.05) is 0 Å². The van der Waals surface area contributed by atoms with Gasteiger partial charge in [-0.3, -0.25) is 20.0 Å². The van der Waals surface area contributed by atoms with Gasteiger partial charge in [-0.15, -0.1) is 0 Å². The average molecular weight is 254 g/mol. The van der Waals surface area contributed by atoms with Crippen molar-refractivity contribution in [2.45, 2.75) is 51.1 Å². The maximum atomic E-state index is 11.9. The van der Waals surface area contributed by atoms with E-state index in [4.69, 9.17) is 5.84 Å². The van der Waals surface area contributed by atoms with Crippen molar-refractivity contribution in [3.63, 3.8) is 0 Å². The molecule has 2 fully saturated rings. The van der Waals surface area contributed by atoms with E-state index in [2.05, 4.69) is 22.1 Å². The minimum Gasteiger partial charge on any atom is -0.299 e. The first-order valence-corrected chi connectivity index (χ1v) is 7.24. The highest BCUT2D eigenvalue weighted by Gasteiger charge is 2.33. The van der Waals surface area contributed by atoms with Gasteiger partial charge in [-0.25, -0.2) is 5.84 Å². The number of amides is 1. The van der Waals surface area contributed by atoms with Gasteiger partial charge in [-0.05, 0) is 38.8 Å². The van der Waals surface area contributed by atoms with Gasteiger partial charge < -0.3 is 0 Å². The second kappa shape index (κ2) is 6.50. The van der Waals surface area contributed by atoms with Crippen LogP contribution in [0.3, 0.4) is 0 Å². The molecule has 0 saturated carbocycles. The van der Waals surface area contributed by atoms with Crippen LogP contribution in [0.2, 0.25) is 0 Å². The molecule has 0 spiro atoms. The Balaban J connectivity index is 2.02. The van der Waals surface area contributed by atoms with Crippen LogP contribution in [-0.2, 0) is 4.79 Å². The number of hydrazine groups is 1. The Hall–Kier alpha value is -0.650. The number of nitrogens with zero attached hydrogens (tertiary/aromatic N) is 2. The van der Waals surface area contributed by atoms with Crippen LogP contribution in [0.15, 0.2) is 0 Å². The summed E-state index contributed by atoms with van der Waals surface area (Å²) in [5.41, 5.74) is 2.33. The fourth-order valence-corrected chi connectivity index (χ4v) is 3.37. The largest absolute Gasteiger partial charge is 0.299 e. The van der Waals surface area contributed by atoms with Gasteiger partial charge in [0.2, 0.25) is 0 Å². The highest BCUT2D eigenvalue weighted by molar-refractivity contribution is 5.81. The number of fused-ring (bicyclic) bond motifs is 1. The molecule has 0 radical (unpaired) electrons. The molecule has 0 aromatic rings. The monoisotopic (exact) mass is 254 g/mol. The zero-order valence-corrected chi connectivity index (χ0v) is 11.4. The van der Waals surface area contributed by atoms with E-state index < -0.39 is 0 Å². The lowest BCUT2D eigenvalue weighted by molar-refractivity contribution is -0.127. The number of carbonyl (C=O) groups excluding carboxylic acids is 1. The van der Waals surface area contributed by atoms with Crippen molar-refractivity contribution in [2.75, 3.05) is 26.2 Å². The van der Waals surface area contributed by atoms with E-state index in [1.54, 1.807) is 0 Å². The van der Waals surface area contributed by atoms with Crippen LogP contribution in [0.4, 0.5) is 0 Å². The Kier molecular flexibility index (Phi) is 4.97. The van der Waals surface area contributed by atoms with Gasteiger partial charge in [0.05, 0.1) is 6.04 Å². The summed E-state index contributed by atoms with van der Waals surface area (Å²) in [6.07, 6.45) is 5.66. The fraction of sp³-hybridized carbons (Fsp3) is 0.923. The van der Waals surface area contributed by atoms with Crippen molar-refractivity contribution < 1.29 is 4.79 Å². The molecular formula is C13H26N4O. The van der Waals surface area contributed by atoms with Crippen molar-refractivity contribution in [1.82, 2.24) is 15.2 Å². The quantitative estimate of drug-likeness (QED) is 0.431. The molecule has 2 rings (SSSR count). The summed E-state index contributed by atoms with van der Waals surface area (Å²) in [6, 6.07) is 0.609. The molecule has 5 heteroatoms. The molecule has 2 atom stereocenters. The number of rotatable bonds is 4. The van der Waals surface area contributed by atoms with Gasteiger partial charge in [-0.2, -0.15) is 0 Å². The molecular weight excluding hydrogens is 228 g/mol. The molecule has 0 aliphatic carbocycles. The molecule has 2 aliphatic heterocycles. The van der Waals surface area contributed by atoms with E-state index in [1.165, 1.54) is 25.9 Å². The number of nitrogens with one attached hydrogen (secondary N) is 1. The number of hydrogen-bond donors (Lipinski definition) is 2. The number of hydrogen-bond acceptors (Lipinski definition) is 4. The van der Waals surface area contributed by atoms with Crippen molar-refractivity contribution >= 4 is 5.91 Å². The van der Waals surface area contributed by atoms with Gasteiger partial charge in [0, 0.05) is 19.1 Å². The van der Waals surface area contributed by atoms with Crippen molar-refractivity contribution in [3.8, 4) is 0 Å².